The molecule has 0 amide bonds. The maximum Gasteiger partial charge on any atom is 0.188 e. The summed E-state index contributed by atoms with van der Waals surface area (Å²) in [6, 6.07) is 16.2. The summed E-state index contributed by atoms with van der Waals surface area (Å²) in [6.07, 6.45) is 0.808. The first-order valence-corrected chi connectivity index (χ1v) is 8.05. The Morgan fingerprint density at radius 1 is 1.22 bits per heavy atom. The molecular weight excluding hydrogens is 308 g/mol. The Balaban J connectivity index is 1.83. The maximum atomic E-state index is 6.42. The van der Waals surface area contributed by atoms with Crippen molar-refractivity contribution in [2.45, 2.75) is 25.1 Å². The summed E-state index contributed by atoms with van der Waals surface area (Å²) in [6.45, 7) is 2.08. The van der Waals surface area contributed by atoms with Crippen LogP contribution in [0.5, 0.6) is 11.5 Å². The van der Waals surface area contributed by atoms with Crippen LogP contribution in [-0.2, 0) is 0 Å². The molecule has 2 aliphatic heterocycles. The predicted octanol–water partition coefficient (Wildman–Crippen LogP) is 3.63. The van der Waals surface area contributed by atoms with Gasteiger partial charge >= 0.3 is 0 Å². The Morgan fingerprint density at radius 2 is 2.00 bits per heavy atom. The number of rotatable bonds is 2. The van der Waals surface area contributed by atoms with Crippen molar-refractivity contribution in [2.24, 2.45) is 0 Å². The van der Waals surface area contributed by atoms with Gasteiger partial charge in [-0.15, -0.1) is 0 Å². The van der Waals surface area contributed by atoms with Crippen LogP contribution in [0.2, 0.25) is 0 Å². The fourth-order valence-corrected chi connectivity index (χ4v) is 3.93. The molecule has 23 heavy (non-hydrogen) atoms. The van der Waals surface area contributed by atoms with Gasteiger partial charge < -0.3 is 14.8 Å². The smallest absolute Gasteiger partial charge is 0.188 e. The van der Waals surface area contributed by atoms with Crippen molar-refractivity contribution in [1.29, 1.82) is 0 Å². The fourth-order valence-electron chi connectivity index (χ4n) is 3.49. The zero-order chi connectivity index (χ0) is 16.0. The van der Waals surface area contributed by atoms with Crippen LogP contribution in [0.1, 0.15) is 24.9 Å². The molecule has 2 heterocycles. The largest absolute Gasteiger partial charge is 0.493 e. The third kappa shape index (κ3) is 2.15. The van der Waals surface area contributed by atoms with Crippen LogP contribution < -0.4 is 19.7 Å². The van der Waals surface area contributed by atoms with E-state index in [-0.39, 0.29) is 6.04 Å². The van der Waals surface area contributed by atoms with E-state index in [0.717, 1.165) is 29.2 Å². The molecule has 2 aliphatic rings. The zero-order valence-electron chi connectivity index (χ0n) is 13.1. The molecule has 2 aromatic carbocycles. The second-order valence-corrected chi connectivity index (χ2v) is 6.42. The van der Waals surface area contributed by atoms with Gasteiger partial charge in [-0.1, -0.05) is 30.3 Å². The van der Waals surface area contributed by atoms with Crippen molar-refractivity contribution >= 4 is 23.0 Å². The average Bonchev–Trinajstić information content (AvgIpc) is 2.54. The lowest BCUT2D eigenvalue weighted by atomic mass is 9.90. The van der Waals surface area contributed by atoms with Gasteiger partial charge in [-0.2, -0.15) is 0 Å². The first-order chi connectivity index (χ1) is 11.1. The quantitative estimate of drug-likeness (QED) is 0.852. The van der Waals surface area contributed by atoms with Crippen molar-refractivity contribution in [1.82, 2.24) is 5.32 Å². The standard InChI is InChI=1S/C18H18N2O2S/c1-18-11-14(13-9-6-10-15(21-2)16(13)22-18)19-17(23)20(18)12-7-4-3-5-8-12/h3-10,14H,11H2,1-2H3,(H,19,23)/t14-,18+/m1/s1. The molecule has 2 aromatic rings. The number of nitrogens with one attached hydrogen (secondary N) is 1. The monoisotopic (exact) mass is 326 g/mol. The first kappa shape index (κ1) is 14.3. The minimum atomic E-state index is -0.546. The van der Waals surface area contributed by atoms with Gasteiger partial charge in [0.2, 0.25) is 0 Å². The average molecular weight is 326 g/mol. The number of methoxy groups -OCH3 is 1. The third-order valence-corrected chi connectivity index (χ3v) is 4.80. The highest BCUT2D eigenvalue weighted by Crippen LogP contribution is 2.48. The van der Waals surface area contributed by atoms with E-state index in [1.165, 1.54) is 0 Å². The van der Waals surface area contributed by atoms with Crippen molar-refractivity contribution in [3.05, 3.63) is 54.1 Å². The summed E-state index contributed by atoms with van der Waals surface area (Å²) in [5.74, 6) is 1.55. The van der Waals surface area contributed by atoms with Gasteiger partial charge in [0.1, 0.15) is 0 Å². The number of thiocarbonyl (C=S) groups is 1. The number of ether oxygens (including phenoxy) is 2. The molecule has 4 nitrogen and oxygen atoms in total. The van der Waals surface area contributed by atoms with Crippen LogP contribution >= 0.6 is 12.2 Å². The van der Waals surface area contributed by atoms with Crippen molar-refractivity contribution in [2.75, 3.05) is 12.0 Å². The minimum Gasteiger partial charge on any atom is -0.493 e. The van der Waals surface area contributed by atoms with Gasteiger partial charge in [0.15, 0.2) is 22.3 Å². The summed E-state index contributed by atoms with van der Waals surface area (Å²) >= 11 is 5.63. The number of hydrogen-bond acceptors (Lipinski definition) is 3. The van der Waals surface area contributed by atoms with E-state index in [1.807, 2.05) is 47.4 Å². The van der Waals surface area contributed by atoms with Crippen LogP contribution in [0.3, 0.4) is 0 Å². The lowest BCUT2D eigenvalue weighted by molar-refractivity contribution is 0.0464. The molecule has 2 atom stereocenters. The van der Waals surface area contributed by atoms with Crippen LogP contribution in [0.25, 0.3) is 0 Å². The topological polar surface area (TPSA) is 33.7 Å². The fraction of sp³-hybridized carbons (Fsp3) is 0.278. The zero-order valence-corrected chi connectivity index (χ0v) is 13.9. The van der Waals surface area contributed by atoms with E-state index >= 15 is 0 Å². The number of para-hydroxylation sites is 2. The maximum absolute atomic E-state index is 6.42. The van der Waals surface area contributed by atoms with Gasteiger partial charge in [0.25, 0.3) is 0 Å². The van der Waals surface area contributed by atoms with Crippen LogP contribution in [0, 0.1) is 0 Å². The van der Waals surface area contributed by atoms with Crippen molar-refractivity contribution in [3.63, 3.8) is 0 Å². The second-order valence-electron chi connectivity index (χ2n) is 6.03. The highest BCUT2D eigenvalue weighted by atomic mass is 32.1. The van der Waals surface area contributed by atoms with Gasteiger partial charge in [0, 0.05) is 17.7 Å². The minimum absolute atomic E-state index is 0.131. The van der Waals surface area contributed by atoms with Crippen molar-refractivity contribution < 1.29 is 9.47 Å². The molecule has 118 valence electrons. The van der Waals surface area contributed by atoms with Gasteiger partial charge in [-0.25, -0.2) is 0 Å². The van der Waals surface area contributed by atoms with E-state index in [2.05, 4.69) is 18.3 Å². The van der Waals surface area contributed by atoms with Gasteiger partial charge in [0.05, 0.1) is 13.2 Å². The summed E-state index contributed by atoms with van der Waals surface area (Å²) in [4.78, 5) is 2.05. The summed E-state index contributed by atoms with van der Waals surface area (Å²) < 4.78 is 11.9. The van der Waals surface area contributed by atoms with Crippen molar-refractivity contribution in [3.8, 4) is 11.5 Å². The van der Waals surface area contributed by atoms with E-state index in [4.69, 9.17) is 21.7 Å². The molecule has 5 heteroatoms. The number of hydrogen-bond donors (Lipinski definition) is 1. The molecule has 1 fully saturated rings. The molecular formula is C18H18N2O2S. The molecule has 1 N–H and O–H groups in total. The Kier molecular flexibility index (Phi) is 3.20. The molecule has 0 saturated carbocycles. The van der Waals surface area contributed by atoms with Gasteiger partial charge in [-0.05, 0) is 37.3 Å². The highest BCUT2D eigenvalue weighted by molar-refractivity contribution is 7.80. The molecule has 1 saturated heterocycles. The molecule has 2 bridgehead atoms. The molecule has 0 aliphatic carbocycles. The number of anilines is 1. The third-order valence-electron chi connectivity index (χ3n) is 4.50. The number of nitrogens with zero attached hydrogens (tertiary/aromatic N) is 1. The number of fused-ring (bicyclic) bond motifs is 4. The Hall–Kier alpha value is -2.27. The molecule has 0 unspecified atom stereocenters. The molecule has 0 aromatic heterocycles. The number of benzene rings is 2. The molecule has 0 radical (unpaired) electrons. The van der Waals surface area contributed by atoms with Crippen LogP contribution in [0.4, 0.5) is 5.69 Å². The second kappa shape index (κ2) is 5.13. The van der Waals surface area contributed by atoms with Crippen LogP contribution in [0.15, 0.2) is 48.5 Å². The SMILES string of the molecule is COc1cccc2c1O[C@@]1(C)C[C@H]2NC(=S)N1c1ccccc1. The predicted molar refractivity (Wildman–Crippen MR) is 94.0 cm³/mol. The first-order valence-electron chi connectivity index (χ1n) is 7.64. The normalized spacial score (nSPS) is 25.2. The molecule has 4 rings (SSSR count). The Morgan fingerprint density at radius 3 is 2.74 bits per heavy atom. The Bertz CT molecular complexity index is 765. The van der Waals surface area contributed by atoms with E-state index in [0.29, 0.717) is 5.11 Å². The lowest BCUT2D eigenvalue weighted by Crippen LogP contribution is -2.65. The summed E-state index contributed by atoms with van der Waals surface area (Å²) in [7, 11) is 1.67. The van der Waals surface area contributed by atoms with E-state index in [1.54, 1.807) is 7.11 Å². The van der Waals surface area contributed by atoms with Gasteiger partial charge in [-0.3, -0.25) is 4.90 Å². The molecule has 0 spiro atoms. The summed E-state index contributed by atoms with van der Waals surface area (Å²) in [5, 5.41) is 4.13. The van der Waals surface area contributed by atoms with Crippen LogP contribution in [-0.4, -0.2) is 17.9 Å². The van der Waals surface area contributed by atoms with E-state index in [9.17, 15) is 0 Å². The lowest BCUT2D eigenvalue weighted by Gasteiger charge is -2.52. The summed E-state index contributed by atoms with van der Waals surface area (Å²) in [5.41, 5.74) is 1.57. The Labute approximate surface area is 141 Å². The highest BCUT2D eigenvalue weighted by Gasteiger charge is 2.49. The van der Waals surface area contributed by atoms with E-state index < -0.39 is 5.72 Å².